The molecular weight excluding hydrogens is 372 g/mol. The second kappa shape index (κ2) is 8.32. The summed E-state index contributed by atoms with van der Waals surface area (Å²) in [6, 6.07) is 11.9. The van der Waals surface area contributed by atoms with Gasteiger partial charge in [0.1, 0.15) is 6.33 Å². The summed E-state index contributed by atoms with van der Waals surface area (Å²) in [4.78, 5) is 12.9. The summed E-state index contributed by atoms with van der Waals surface area (Å²) in [6.45, 7) is 5.74. The summed E-state index contributed by atoms with van der Waals surface area (Å²) in [5.74, 6) is 0.440. The average molecular weight is 397 g/mol. The van der Waals surface area contributed by atoms with Gasteiger partial charge in [0, 0.05) is 35.8 Å². The van der Waals surface area contributed by atoms with E-state index >= 15 is 0 Å². The highest BCUT2D eigenvalue weighted by atomic mass is 32.2. The van der Waals surface area contributed by atoms with E-state index in [1.807, 2.05) is 47.9 Å². The predicted octanol–water partition coefficient (Wildman–Crippen LogP) is 3.84. The van der Waals surface area contributed by atoms with Crippen LogP contribution in [0.1, 0.15) is 34.6 Å². The maximum absolute atomic E-state index is 12.9. The van der Waals surface area contributed by atoms with E-state index in [-0.39, 0.29) is 11.9 Å². The lowest BCUT2D eigenvalue weighted by Crippen LogP contribution is -2.17. The molecule has 0 N–H and O–H groups in total. The van der Waals surface area contributed by atoms with Gasteiger partial charge in [-0.05, 0) is 44.9 Å². The van der Waals surface area contributed by atoms with Crippen molar-refractivity contribution in [1.29, 1.82) is 0 Å². The van der Waals surface area contributed by atoms with Crippen LogP contribution in [0.3, 0.4) is 0 Å². The average Bonchev–Trinajstić information content (AvgIpc) is 3.44. The van der Waals surface area contributed by atoms with E-state index in [0.717, 1.165) is 48.6 Å². The molecule has 0 spiro atoms. The first-order valence-corrected chi connectivity index (χ1v) is 10.5. The van der Waals surface area contributed by atoms with Crippen LogP contribution in [0.4, 0.5) is 0 Å². The molecule has 0 aliphatic carbocycles. The first-order valence-electron chi connectivity index (χ1n) is 9.53. The number of aromatic nitrogens is 4. The Kier molecular flexibility index (Phi) is 5.64. The third kappa shape index (κ3) is 3.91. The van der Waals surface area contributed by atoms with Crippen molar-refractivity contribution in [3.8, 4) is 5.69 Å². The second-order valence-corrected chi connectivity index (χ2v) is 8.00. The van der Waals surface area contributed by atoms with E-state index in [2.05, 4.69) is 21.7 Å². The summed E-state index contributed by atoms with van der Waals surface area (Å²) in [7, 11) is 0. The number of aryl methyl sites for hydroxylation is 1. The molecule has 6 nitrogen and oxygen atoms in total. The predicted molar refractivity (Wildman–Crippen MR) is 109 cm³/mol. The molecule has 1 fully saturated rings. The molecule has 0 bridgehead atoms. The fraction of sp³-hybridized carbons (Fsp3) is 0.381. The Morgan fingerprint density at radius 2 is 2.11 bits per heavy atom. The number of Topliss-reactive ketones (excluding diaryl/α,β-unsaturated/α-hetero) is 1. The lowest BCUT2D eigenvalue weighted by Gasteiger charge is -2.14. The lowest BCUT2D eigenvalue weighted by atomic mass is 10.2. The number of ketones is 1. The van der Waals surface area contributed by atoms with Crippen molar-refractivity contribution in [3.63, 3.8) is 0 Å². The van der Waals surface area contributed by atoms with Crippen molar-refractivity contribution in [2.75, 3.05) is 12.4 Å². The summed E-state index contributed by atoms with van der Waals surface area (Å²) in [5, 5.41) is 8.89. The number of benzene rings is 1. The number of nitrogens with zero attached hydrogens (tertiary/aromatic N) is 4. The molecule has 146 valence electrons. The van der Waals surface area contributed by atoms with E-state index < -0.39 is 0 Å². The monoisotopic (exact) mass is 396 g/mol. The van der Waals surface area contributed by atoms with Crippen molar-refractivity contribution >= 4 is 17.5 Å². The molecule has 1 aromatic carbocycles. The third-order valence-electron chi connectivity index (χ3n) is 5.17. The molecule has 1 atom stereocenters. The first-order chi connectivity index (χ1) is 13.6. The van der Waals surface area contributed by atoms with Gasteiger partial charge in [-0.2, -0.15) is 0 Å². The minimum absolute atomic E-state index is 0.110. The quantitative estimate of drug-likeness (QED) is 0.449. The smallest absolute Gasteiger partial charge is 0.196 e. The van der Waals surface area contributed by atoms with Gasteiger partial charge in [-0.15, -0.1) is 10.2 Å². The number of thioether (sulfide) groups is 1. The zero-order valence-corrected chi connectivity index (χ0v) is 17.0. The molecular formula is C21H24N4O2S. The maximum atomic E-state index is 12.9. The van der Waals surface area contributed by atoms with E-state index in [1.165, 1.54) is 11.8 Å². The Morgan fingerprint density at radius 3 is 2.86 bits per heavy atom. The number of carbonyl (C=O) groups is 1. The number of hydrogen-bond acceptors (Lipinski definition) is 5. The highest BCUT2D eigenvalue weighted by Gasteiger charge is 2.21. The van der Waals surface area contributed by atoms with E-state index in [0.29, 0.717) is 10.9 Å². The van der Waals surface area contributed by atoms with Crippen molar-refractivity contribution in [2.24, 2.45) is 0 Å². The Labute approximate surface area is 168 Å². The summed E-state index contributed by atoms with van der Waals surface area (Å²) in [5.41, 5.74) is 3.89. The molecule has 0 radical (unpaired) electrons. The van der Waals surface area contributed by atoms with Gasteiger partial charge in [-0.1, -0.05) is 30.0 Å². The Bertz CT molecular complexity index is 958. The molecule has 0 saturated carbocycles. The fourth-order valence-electron chi connectivity index (χ4n) is 3.65. The molecule has 4 rings (SSSR count). The van der Waals surface area contributed by atoms with Crippen LogP contribution in [0.15, 0.2) is 47.9 Å². The Hall–Kier alpha value is -2.38. The molecule has 1 aliphatic heterocycles. The topological polar surface area (TPSA) is 61.9 Å². The third-order valence-corrected chi connectivity index (χ3v) is 6.11. The van der Waals surface area contributed by atoms with Gasteiger partial charge in [-0.3, -0.25) is 9.36 Å². The van der Waals surface area contributed by atoms with E-state index in [4.69, 9.17) is 4.74 Å². The van der Waals surface area contributed by atoms with Crippen LogP contribution >= 0.6 is 11.8 Å². The lowest BCUT2D eigenvalue weighted by molar-refractivity contribution is 0.0957. The van der Waals surface area contributed by atoms with Crippen molar-refractivity contribution in [2.45, 2.75) is 44.5 Å². The van der Waals surface area contributed by atoms with Crippen LogP contribution in [-0.2, 0) is 11.3 Å². The van der Waals surface area contributed by atoms with Gasteiger partial charge < -0.3 is 9.30 Å². The largest absolute Gasteiger partial charge is 0.376 e. The summed E-state index contributed by atoms with van der Waals surface area (Å²) in [6.07, 6.45) is 4.14. The molecule has 28 heavy (non-hydrogen) atoms. The van der Waals surface area contributed by atoms with Gasteiger partial charge >= 0.3 is 0 Å². The fourth-order valence-corrected chi connectivity index (χ4v) is 4.46. The minimum Gasteiger partial charge on any atom is -0.376 e. The molecule has 3 aromatic rings. The Balaban J connectivity index is 1.46. The van der Waals surface area contributed by atoms with Gasteiger partial charge in [0.2, 0.25) is 0 Å². The van der Waals surface area contributed by atoms with Crippen LogP contribution in [0, 0.1) is 13.8 Å². The highest BCUT2D eigenvalue weighted by molar-refractivity contribution is 7.99. The zero-order valence-electron chi connectivity index (χ0n) is 16.2. The molecule has 7 heteroatoms. The number of para-hydroxylation sites is 1. The van der Waals surface area contributed by atoms with E-state index in [1.54, 1.807) is 6.33 Å². The highest BCUT2D eigenvalue weighted by Crippen LogP contribution is 2.24. The van der Waals surface area contributed by atoms with Crippen LogP contribution < -0.4 is 0 Å². The zero-order chi connectivity index (χ0) is 19.5. The van der Waals surface area contributed by atoms with Gasteiger partial charge in [0.15, 0.2) is 10.9 Å². The molecule has 3 heterocycles. The van der Waals surface area contributed by atoms with Gasteiger partial charge in [0.05, 0.1) is 11.9 Å². The van der Waals surface area contributed by atoms with Crippen molar-refractivity contribution in [1.82, 2.24) is 19.3 Å². The van der Waals surface area contributed by atoms with Crippen LogP contribution in [-0.4, -0.2) is 43.6 Å². The van der Waals surface area contributed by atoms with Crippen molar-refractivity contribution < 1.29 is 9.53 Å². The number of carbonyl (C=O) groups excluding carboxylic acids is 1. The number of hydrogen-bond donors (Lipinski definition) is 0. The van der Waals surface area contributed by atoms with Crippen LogP contribution in [0.2, 0.25) is 0 Å². The molecule has 1 unspecified atom stereocenters. The minimum atomic E-state index is 0.110. The SMILES string of the molecule is Cc1cc(C(=O)CSc2nncn2-c2ccccc2)c(C)n1CC1CCCO1. The first kappa shape index (κ1) is 19.0. The normalized spacial score (nSPS) is 16.6. The van der Waals surface area contributed by atoms with Gasteiger partial charge in [-0.25, -0.2) is 0 Å². The molecule has 0 amide bonds. The maximum Gasteiger partial charge on any atom is 0.196 e. The van der Waals surface area contributed by atoms with Crippen LogP contribution in [0.25, 0.3) is 5.69 Å². The Morgan fingerprint density at radius 1 is 1.29 bits per heavy atom. The van der Waals surface area contributed by atoms with Crippen LogP contribution in [0.5, 0.6) is 0 Å². The summed E-state index contributed by atoms with van der Waals surface area (Å²) < 4.78 is 9.87. The molecule has 2 aromatic heterocycles. The molecule has 1 saturated heterocycles. The van der Waals surface area contributed by atoms with E-state index in [9.17, 15) is 4.79 Å². The van der Waals surface area contributed by atoms with Gasteiger partial charge in [0.25, 0.3) is 0 Å². The standard InChI is InChI=1S/C21H24N4O2S/c1-15-11-19(16(2)24(15)12-18-9-6-10-27-18)20(26)13-28-21-23-22-14-25(21)17-7-4-3-5-8-17/h3-5,7-8,11,14,18H,6,9-10,12-13H2,1-2H3. The molecule has 1 aliphatic rings. The number of rotatable bonds is 7. The number of ether oxygens (including phenoxy) is 1. The summed E-state index contributed by atoms with van der Waals surface area (Å²) >= 11 is 1.41. The van der Waals surface area contributed by atoms with Crippen molar-refractivity contribution in [3.05, 3.63) is 59.7 Å². The second-order valence-electron chi connectivity index (χ2n) is 7.06.